The van der Waals surface area contributed by atoms with E-state index in [1.807, 2.05) is 58.0 Å². The third-order valence-corrected chi connectivity index (χ3v) is 4.97. The molecule has 1 atom stereocenters. The molecule has 30 heavy (non-hydrogen) atoms. The molecule has 1 fully saturated rings. The molecule has 0 radical (unpaired) electrons. The van der Waals surface area contributed by atoms with E-state index in [1.165, 1.54) is 7.11 Å². The lowest BCUT2D eigenvalue weighted by Crippen LogP contribution is -2.39. The Balaban J connectivity index is 2.23. The van der Waals surface area contributed by atoms with Gasteiger partial charge in [0, 0.05) is 58.7 Å². The van der Waals surface area contributed by atoms with E-state index in [9.17, 15) is 9.59 Å². The van der Waals surface area contributed by atoms with Crippen molar-refractivity contribution in [3.05, 3.63) is 23.8 Å². The van der Waals surface area contributed by atoms with Gasteiger partial charge in [-0.05, 0) is 42.0 Å². The van der Waals surface area contributed by atoms with Crippen LogP contribution < -0.4 is 10.2 Å². The van der Waals surface area contributed by atoms with Gasteiger partial charge >= 0.3 is 0 Å². The number of ether oxygens (including phenoxy) is 2. The maximum atomic E-state index is 12.7. The standard InChI is InChI=1S/C23H37N3O4/c1-23(2,3)13-21(27)24-18-9-10-20(25(4)5)17(12-18)14-26(22(28)16-29-6)15-19-8-7-11-30-19/h9-10,12,19H,7-8,11,13-16H2,1-6H3,(H,24,27). The number of anilines is 2. The van der Waals surface area contributed by atoms with Gasteiger partial charge in [0.2, 0.25) is 11.8 Å². The molecule has 1 aliphatic rings. The smallest absolute Gasteiger partial charge is 0.248 e. The van der Waals surface area contributed by atoms with E-state index in [0.29, 0.717) is 19.5 Å². The molecule has 1 unspecified atom stereocenters. The van der Waals surface area contributed by atoms with Gasteiger partial charge in [-0.2, -0.15) is 0 Å². The fourth-order valence-electron chi connectivity index (χ4n) is 3.62. The summed E-state index contributed by atoms with van der Waals surface area (Å²) in [6.07, 6.45) is 2.48. The molecule has 0 saturated carbocycles. The van der Waals surface area contributed by atoms with Crippen LogP contribution in [0.1, 0.15) is 45.6 Å². The molecule has 1 aromatic carbocycles. The van der Waals surface area contributed by atoms with E-state index in [4.69, 9.17) is 9.47 Å². The number of hydrogen-bond acceptors (Lipinski definition) is 5. The Labute approximate surface area is 180 Å². The zero-order valence-corrected chi connectivity index (χ0v) is 19.3. The molecule has 1 aromatic rings. The van der Waals surface area contributed by atoms with Crippen LogP contribution in [0, 0.1) is 5.41 Å². The van der Waals surface area contributed by atoms with E-state index in [1.54, 1.807) is 4.90 Å². The predicted molar refractivity (Wildman–Crippen MR) is 120 cm³/mol. The van der Waals surface area contributed by atoms with Crippen molar-refractivity contribution < 1.29 is 19.1 Å². The number of amides is 2. The Morgan fingerprint density at radius 1 is 1.27 bits per heavy atom. The summed E-state index contributed by atoms with van der Waals surface area (Å²) in [7, 11) is 5.47. The average Bonchev–Trinajstić information content (AvgIpc) is 3.12. The van der Waals surface area contributed by atoms with Gasteiger partial charge in [0.1, 0.15) is 6.61 Å². The van der Waals surface area contributed by atoms with Crippen LogP contribution in [0.5, 0.6) is 0 Å². The number of carbonyl (C=O) groups excluding carboxylic acids is 2. The van der Waals surface area contributed by atoms with E-state index in [0.717, 1.165) is 36.4 Å². The first kappa shape index (κ1) is 24.2. The monoisotopic (exact) mass is 419 g/mol. The summed E-state index contributed by atoms with van der Waals surface area (Å²) in [5, 5.41) is 3.00. The molecule has 7 nitrogen and oxygen atoms in total. The zero-order valence-electron chi connectivity index (χ0n) is 19.3. The average molecular weight is 420 g/mol. The van der Waals surface area contributed by atoms with Gasteiger partial charge in [0.25, 0.3) is 0 Å². The summed E-state index contributed by atoms with van der Waals surface area (Å²) in [4.78, 5) is 28.9. The summed E-state index contributed by atoms with van der Waals surface area (Å²) in [5.41, 5.74) is 2.63. The third-order valence-electron chi connectivity index (χ3n) is 4.97. The molecule has 1 aliphatic heterocycles. The minimum Gasteiger partial charge on any atom is -0.377 e. The van der Waals surface area contributed by atoms with Crippen molar-refractivity contribution in [1.82, 2.24) is 4.90 Å². The number of methoxy groups -OCH3 is 1. The Bertz CT molecular complexity index is 722. The number of carbonyl (C=O) groups is 2. The summed E-state index contributed by atoms with van der Waals surface area (Å²) in [5.74, 6) is -0.0856. The highest BCUT2D eigenvalue weighted by molar-refractivity contribution is 5.91. The van der Waals surface area contributed by atoms with Gasteiger partial charge in [-0.1, -0.05) is 20.8 Å². The van der Waals surface area contributed by atoms with Gasteiger partial charge < -0.3 is 24.6 Å². The Hall–Kier alpha value is -2.12. The third kappa shape index (κ3) is 7.61. The second kappa shape index (κ2) is 10.8. The SMILES string of the molecule is COCC(=O)N(Cc1cc(NC(=O)CC(C)(C)C)ccc1N(C)C)CC1CCCO1. The molecule has 2 amide bonds. The molecule has 168 valence electrons. The maximum Gasteiger partial charge on any atom is 0.248 e. The first-order chi connectivity index (χ1) is 14.1. The van der Waals surface area contributed by atoms with Crippen LogP contribution in [0.3, 0.4) is 0 Å². The number of hydrogen-bond donors (Lipinski definition) is 1. The first-order valence-corrected chi connectivity index (χ1v) is 10.6. The summed E-state index contributed by atoms with van der Waals surface area (Å²) in [6.45, 7) is 7.86. The number of nitrogens with one attached hydrogen (secondary N) is 1. The van der Waals surface area contributed by atoms with Crippen LogP contribution in [0.4, 0.5) is 11.4 Å². The van der Waals surface area contributed by atoms with Gasteiger partial charge in [-0.25, -0.2) is 0 Å². The van der Waals surface area contributed by atoms with Crippen molar-refractivity contribution in [3.63, 3.8) is 0 Å². The van der Waals surface area contributed by atoms with E-state index in [2.05, 4.69) is 5.32 Å². The van der Waals surface area contributed by atoms with Crippen LogP contribution in [-0.4, -0.2) is 63.8 Å². The topological polar surface area (TPSA) is 71.1 Å². The van der Waals surface area contributed by atoms with Gasteiger partial charge in [0.05, 0.1) is 6.10 Å². The zero-order chi connectivity index (χ0) is 22.3. The van der Waals surface area contributed by atoms with Crippen molar-refractivity contribution in [2.24, 2.45) is 5.41 Å². The van der Waals surface area contributed by atoms with Gasteiger partial charge in [-0.3, -0.25) is 9.59 Å². The van der Waals surface area contributed by atoms with Crippen LogP contribution in [0.2, 0.25) is 0 Å². The minimum atomic E-state index is -0.0822. The molecule has 0 bridgehead atoms. The Kier molecular flexibility index (Phi) is 8.67. The van der Waals surface area contributed by atoms with Crippen LogP contribution in [0.25, 0.3) is 0 Å². The molecular formula is C23H37N3O4. The fraction of sp³-hybridized carbons (Fsp3) is 0.652. The van der Waals surface area contributed by atoms with Crippen molar-refractivity contribution >= 4 is 23.2 Å². The maximum absolute atomic E-state index is 12.7. The quantitative estimate of drug-likeness (QED) is 0.665. The minimum absolute atomic E-state index is 0.0160. The Morgan fingerprint density at radius 2 is 2.00 bits per heavy atom. The van der Waals surface area contributed by atoms with Crippen molar-refractivity contribution in [2.45, 2.75) is 52.7 Å². The van der Waals surface area contributed by atoms with Crippen molar-refractivity contribution in [1.29, 1.82) is 0 Å². The van der Waals surface area contributed by atoms with E-state index >= 15 is 0 Å². The highest BCUT2D eigenvalue weighted by Gasteiger charge is 2.24. The normalized spacial score (nSPS) is 16.4. The van der Waals surface area contributed by atoms with Crippen LogP contribution >= 0.6 is 0 Å². The fourth-order valence-corrected chi connectivity index (χ4v) is 3.62. The predicted octanol–water partition coefficient (Wildman–Crippen LogP) is 3.28. The van der Waals surface area contributed by atoms with Crippen LogP contribution in [0.15, 0.2) is 18.2 Å². The molecule has 0 spiro atoms. The highest BCUT2D eigenvalue weighted by atomic mass is 16.5. The first-order valence-electron chi connectivity index (χ1n) is 10.6. The summed E-state index contributed by atoms with van der Waals surface area (Å²) < 4.78 is 10.8. The molecular weight excluding hydrogens is 382 g/mol. The summed E-state index contributed by atoms with van der Waals surface area (Å²) >= 11 is 0. The molecule has 0 aliphatic carbocycles. The lowest BCUT2D eigenvalue weighted by Gasteiger charge is -2.28. The number of nitrogens with zero attached hydrogens (tertiary/aromatic N) is 2. The van der Waals surface area contributed by atoms with Crippen LogP contribution in [-0.2, 0) is 25.6 Å². The summed E-state index contributed by atoms with van der Waals surface area (Å²) in [6, 6.07) is 5.84. The van der Waals surface area contributed by atoms with Gasteiger partial charge in [-0.15, -0.1) is 0 Å². The molecule has 1 heterocycles. The number of rotatable bonds is 9. The van der Waals surface area contributed by atoms with E-state index in [-0.39, 0.29) is 29.9 Å². The molecule has 0 aromatic heterocycles. The van der Waals surface area contributed by atoms with Crippen molar-refractivity contribution in [2.75, 3.05) is 51.2 Å². The molecule has 2 rings (SSSR count). The molecule has 7 heteroatoms. The van der Waals surface area contributed by atoms with E-state index < -0.39 is 0 Å². The molecule has 1 saturated heterocycles. The second-order valence-electron chi connectivity index (χ2n) is 9.37. The highest BCUT2D eigenvalue weighted by Crippen LogP contribution is 2.26. The largest absolute Gasteiger partial charge is 0.377 e. The molecule has 1 N–H and O–H groups in total. The second-order valence-corrected chi connectivity index (χ2v) is 9.37. The number of benzene rings is 1. The lowest BCUT2D eigenvalue weighted by molar-refractivity contribution is -0.137. The van der Waals surface area contributed by atoms with Crippen molar-refractivity contribution in [3.8, 4) is 0 Å². The lowest BCUT2D eigenvalue weighted by atomic mass is 9.92. The van der Waals surface area contributed by atoms with Gasteiger partial charge in [0.15, 0.2) is 0 Å². The Morgan fingerprint density at radius 3 is 2.57 bits per heavy atom.